The topological polar surface area (TPSA) is 43.9 Å². The van der Waals surface area contributed by atoms with E-state index < -0.39 is 0 Å². The van der Waals surface area contributed by atoms with Gasteiger partial charge in [0.1, 0.15) is 5.70 Å². The van der Waals surface area contributed by atoms with Crippen LogP contribution in [0.15, 0.2) is 48.2 Å². The first-order valence-corrected chi connectivity index (χ1v) is 11.2. The molecule has 1 saturated heterocycles. The van der Waals surface area contributed by atoms with Crippen LogP contribution in [0.5, 0.6) is 0 Å². The molecule has 5 nitrogen and oxygen atoms in total. The van der Waals surface area contributed by atoms with Crippen LogP contribution in [0.3, 0.4) is 0 Å². The zero-order valence-electron chi connectivity index (χ0n) is 18.3. The highest BCUT2D eigenvalue weighted by molar-refractivity contribution is 6.35. The normalized spacial score (nSPS) is 17.8. The van der Waals surface area contributed by atoms with E-state index in [1.165, 1.54) is 4.90 Å². The molecule has 2 amide bonds. The molecule has 0 bridgehead atoms. The van der Waals surface area contributed by atoms with Gasteiger partial charge in [0.05, 0.1) is 12.1 Å². The van der Waals surface area contributed by atoms with E-state index in [1.54, 1.807) is 12.1 Å². The van der Waals surface area contributed by atoms with Gasteiger partial charge < -0.3 is 9.80 Å². The summed E-state index contributed by atoms with van der Waals surface area (Å²) in [6.07, 6.45) is 0. The molecule has 0 N–H and O–H groups in total. The van der Waals surface area contributed by atoms with E-state index >= 15 is 0 Å². The lowest BCUT2D eigenvalue weighted by Gasteiger charge is -2.36. The number of benzene rings is 2. The van der Waals surface area contributed by atoms with Crippen LogP contribution >= 0.6 is 11.6 Å². The van der Waals surface area contributed by atoms with Crippen molar-refractivity contribution in [3.8, 4) is 0 Å². The van der Waals surface area contributed by atoms with Gasteiger partial charge in [-0.05, 0) is 54.8 Å². The molecule has 6 heteroatoms. The van der Waals surface area contributed by atoms with Crippen molar-refractivity contribution in [2.75, 3.05) is 32.7 Å². The van der Waals surface area contributed by atoms with Gasteiger partial charge >= 0.3 is 0 Å². The zero-order valence-corrected chi connectivity index (χ0v) is 19.1. The van der Waals surface area contributed by atoms with Crippen LogP contribution in [0.2, 0.25) is 5.02 Å². The van der Waals surface area contributed by atoms with Crippen molar-refractivity contribution in [3.63, 3.8) is 0 Å². The fourth-order valence-electron chi connectivity index (χ4n) is 4.22. The Morgan fingerprint density at radius 1 is 0.871 bits per heavy atom. The maximum atomic E-state index is 13.5. The molecule has 2 aromatic carbocycles. The zero-order chi connectivity index (χ0) is 22.1. The summed E-state index contributed by atoms with van der Waals surface area (Å²) >= 11 is 6.00. The number of amides is 2. The fourth-order valence-corrected chi connectivity index (χ4v) is 4.34. The number of carbonyl (C=O) groups is 2. The summed E-state index contributed by atoms with van der Waals surface area (Å²) in [6.45, 7) is 10.7. The molecule has 0 saturated carbocycles. The molecule has 0 radical (unpaired) electrons. The van der Waals surface area contributed by atoms with E-state index in [0.717, 1.165) is 55.0 Å². The molecule has 0 aromatic heterocycles. The van der Waals surface area contributed by atoms with Gasteiger partial charge in [0.15, 0.2) is 0 Å². The second-order valence-corrected chi connectivity index (χ2v) is 8.70. The molecule has 0 atom stereocenters. The smallest absolute Gasteiger partial charge is 0.278 e. The van der Waals surface area contributed by atoms with Crippen molar-refractivity contribution in [3.05, 3.63) is 75.4 Å². The van der Waals surface area contributed by atoms with Crippen molar-refractivity contribution in [2.45, 2.75) is 27.3 Å². The summed E-state index contributed by atoms with van der Waals surface area (Å²) in [5.74, 6) is -0.436. The summed E-state index contributed by atoms with van der Waals surface area (Å²) in [5.41, 5.74) is 5.02. The minimum absolute atomic E-state index is 0.210. The number of piperazine rings is 1. The van der Waals surface area contributed by atoms with Gasteiger partial charge in [-0.15, -0.1) is 0 Å². The molecular formula is C25H28ClN3O2. The molecule has 0 aliphatic carbocycles. The molecule has 162 valence electrons. The monoisotopic (exact) mass is 437 g/mol. The van der Waals surface area contributed by atoms with Crippen LogP contribution in [0.25, 0.3) is 5.57 Å². The Morgan fingerprint density at radius 2 is 1.55 bits per heavy atom. The summed E-state index contributed by atoms with van der Waals surface area (Å²) in [5, 5.41) is 0.631. The number of likely N-dealkylation sites (N-methyl/N-ethyl adjacent to an activating group) is 1. The Morgan fingerprint density at radius 3 is 2.16 bits per heavy atom. The van der Waals surface area contributed by atoms with Gasteiger partial charge in [0.2, 0.25) is 0 Å². The van der Waals surface area contributed by atoms with Gasteiger partial charge in [-0.3, -0.25) is 14.5 Å². The first kappa shape index (κ1) is 21.6. The van der Waals surface area contributed by atoms with E-state index in [-0.39, 0.29) is 18.4 Å². The number of aryl methyl sites for hydroxylation is 2. The molecule has 2 aromatic rings. The van der Waals surface area contributed by atoms with Crippen LogP contribution < -0.4 is 0 Å². The second kappa shape index (κ2) is 8.85. The number of carbonyl (C=O) groups excluding carboxylic acids is 2. The van der Waals surface area contributed by atoms with Crippen LogP contribution in [-0.4, -0.2) is 59.2 Å². The van der Waals surface area contributed by atoms with Gasteiger partial charge in [0, 0.05) is 31.2 Å². The highest BCUT2D eigenvalue weighted by Crippen LogP contribution is 2.34. The Labute approximate surface area is 188 Å². The third-order valence-electron chi connectivity index (χ3n) is 6.33. The first-order chi connectivity index (χ1) is 14.9. The highest BCUT2D eigenvalue weighted by atomic mass is 35.5. The molecule has 2 aliphatic rings. The number of rotatable bonds is 5. The molecule has 0 unspecified atom stereocenters. The molecule has 2 heterocycles. The molecule has 2 aliphatic heterocycles. The lowest BCUT2D eigenvalue weighted by molar-refractivity contribution is -0.138. The SMILES string of the molecule is CCN1CCN(C2=C(c3ccc(C)c(C)c3)C(=O)N(Cc3ccc(Cl)cc3)C2=O)CC1. The van der Waals surface area contributed by atoms with Gasteiger partial charge in [-0.2, -0.15) is 0 Å². The highest BCUT2D eigenvalue weighted by Gasteiger charge is 2.42. The van der Waals surface area contributed by atoms with Gasteiger partial charge in [0.25, 0.3) is 11.8 Å². The van der Waals surface area contributed by atoms with Crippen molar-refractivity contribution in [1.29, 1.82) is 0 Å². The number of hydrogen-bond acceptors (Lipinski definition) is 4. The van der Waals surface area contributed by atoms with Crippen LogP contribution in [0.4, 0.5) is 0 Å². The lowest BCUT2D eigenvalue weighted by atomic mass is 9.99. The third-order valence-corrected chi connectivity index (χ3v) is 6.58. The van der Waals surface area contributed by atoms with E-state index in [9.17, 15) is 9.59 Å². The Kier molecular flexibility index (Phi) is 6.17. The fraction of sp³-hybridized carbons (Fsp3) is 0.360. The second-order valence-electron chi connectivity index (χ2n) is 8.27. The van der Waals surface area contributed by atoms with E-state index in [1.807, 2.05) is 44.2 Å². The van der Waals surface area contributed by atoms with Crippen LogP contribution in [0.1, 0.15) is 29.2 Å². The minimum Gasteiger partial charge on any atom is -0.364 e. The molecule has 1 fully saturated rings. The van der Waals surface area contributed by atoms with Crippen molar-refractivity contribution >= 4 is 29.0 Å². The van der Waals surface area contributed by atoms with Crippen molar-refractivity contribution < 1.29 is 9.59 Å². The molecule has 31 heavy (non-hydrogen) atoms. The Hall–Kier alpha value is -2.63. The molecule has 0 spiro atoms. The summed E-state index contributed by atoms with van der Waals surface area (Å²) in [6, 6.07) is 13.3. The minimum atomic E-state index is -0.226. The predicted molar refractivity (Wildman–Crippen MR) is 124 cm³/mol. The van der Waals surface area contributed by atoms with Crippen LogP contribution in [-0.2, 0) is 16.1 Å². The van der Waals surface area contributed by atoms with E-state index in [4.69, 9.17) is 11.6 Å². The number of imide groups is 1. The molecular weight excluding hydrogens is 410 g/mol. The first-order valence-electron chi connectivity index (χ1n) is 10.8. The summed E-state index contributed by atoms with van der Waals surface area (Å²) in [7, 11) is 0. The Balaban J connectivity index is 1.71. The lowest BCUT2D eigenvalue weighted by Crippen LogP contribution is -2.47. The average molecular weight is 438 g/mol. The van der Waals surface area contributed by atoms with Gasteiger partial charge in [-0.1, -0.05) is 48.9 Å². The van der Waals surface area contributed by atoms with Crippen LogP contribution in [0, 0.1) is 13.8 Å². The maximum Gasteiger partial charge on any atom is 0.278 e. The standard InChI is InChI=1S/C25H28ClN3O2/c1-4-27-11-13-28(14-12-27)23-22(20-8-5-17(2)18(3)15-20)24(30)29(25(23)31)16-19-6-9-21(26)10-7-19/h5-10,15H,4,11-14,16H2,1-3H3. The summed E-state index contributed by atoms with van der Waals surface area (Å²) in [4.78, 5) is 32.9. The number of halogens is 1. The van der Waals surface area contributed by atoms with Gasteiger partial charge in [-0.25, -0.2) is 0 Å². The number of hydrogen-bond donors (Lipinski definition) is 0. The van der Waals surface area contributed by atoms with E-state index in [0.29, 0.717) is 16.3 Å². The summed E-state index contributed by atoms with van der Waals surface area (Å²) < 4.78 is 0. The largest absolute Gasteiger partial charge is 0.364 e. The van der Waals surface area contributed by atoms with Crippen molar-refractivity contribution in [1.82, 2.24) is 14.7 Å². The number of nitrogens with zero attached hydrogens (tertiary/aromatic N) is 3. The average Bonchev–Trinajstić information content (AvgIpc) is 3.02. The van der Waals surface area contributed by atoms with E-state index in [2.05, 4.69) is 16.7 Å². The third kappa shape index (κ3) is 4.25. The predicted octanol–water partition coefficient (Wildman–Crippen LogP) is 3.87. The molecule has 4 rings (SSSR count). The maximum absolute atomic E-state index is 13.5. The Bertz CT molecular complexity index is 1040. The van der Waals surface area contributed by atoms with Crippen molar-refractivity contribution in [2.24, 2.45) is 0 Å². The quantitative estimate of drug-likeness (QED) is 0.666.